The van der Waals surface area contributed by atoms with Crippen molar-refractivity contribution in [1.82, 2.24) is 15.3 Å². The fraction of sp³-hybridized carbons (Fsp3) is 0.625. The van der Waals surface area contributed by atoms with E-state index in [1.165, 1.54) is 5.57 Å². The molecule has 0 aliphatic carbocycles. The van der Waals surface area contributed by atoms with Crippen LogP contribution in [0.1, 0.15) is 37.7 Å². The van der Waals surface area contributed by atoms with Gasteiger partial charge in [0.2, 0.25) is 0 Å². The molecule has 2 heterocycles. The Morgan fingerprint density at radius 2 is 2.24 bits per heavy atom. The van der Waals surface area contributed by atoms with E-state index in [-0.39, 0.29) is 0 Å². The van der Waals surface area contributed by atoms with Gasteiger partial charge in [-0.3, -0.25) is 0 Å². The Morgan fingerprint density at radius 3 is 2.81 bits per heavy atom. The summed E-state index contributed by atoms with van der Waals surface area (Å²) >= 11 is 0. The van der Waals surface area contributed by atoms with Crippen molar-refractivity contribution in [2.75, 3.05) is 38.8 Å². The third kappa shape index (κ3) is 4.02. The van der Waals surface area contributed by atoms with Crippen LogP contribution < -0.4 is 10.2 Å². The molecule has 116 valence electrons. The second-order valence-electron chi connectivity index (χ2n) is 5.74. The predicted molar refractivity (Wildman–Crippen MR) is 85.7 cm³/mol. The molecule has 0 amide bonds. The Bertz CT molecular complexity index is 499. The van der Waals surface area contributed by atoms with Crippen molar-refractivity contribution in [1.29, 1.82) is 0 Å². The molecule has 0 saturated carbocycles. The number of hydrogen-bond donors (Lipinski definition) is 1. The van der Waals surface area contributed by atoms with Crippen LogP contribution in [0.3, 0.4) is 0 Å². The molecule has 0 aromatic carbocycles. The fourth-order valence-electron chi connectivity index (χ4n) is 2.51. The molecule has 0 unspecified atom stereocenters. The Labute approximate surface area is 127 Å². The molecule has 0 saturated heterocycles. The van der Waals surface area contributed by atoms with Crippen LogP contribution in [-0.2, 0) is 11.3 Å². The number of methoxy groups -OCH3 is 1. The smallest absolute Gasteiger partial charge is 0.131 e. The molecular weight excluding hydrogens is 264 g/mol. The maximum Gasteiger partial charge on any atom is 0.131 e. The maximum absolute atomic E-state index is 5.21. The number of anilines is 1. The lowest BCUT2D eigenvalue weighted by Crippen LogP contribution is -2.31. The first-order valence-corrected chi connectivity index (χ1v) is 7.58. The molecule has 2 rings (SSSR count). The van der Waals surface area contributed by atoms with Gasteiger partial charge < -0.3 is 15.0 Å². The van der Waals surface area contributed by atoms with E-state index < -0.39 is 0 Å². The zero-order chi connectivity index (χ0) is 15.2. The van der Waals surface area contributed by atoms with Crippen molar-refractivity contribution >= 4 is 5.69 Å². The van der Waals surface area contributed by atoms with E-state index >= 15 is 0 Å². The second-order valence-corrected chi connectivity index (χ2v) is 5.74. The topological polar surface area (TPSA) is 50.3 Å². The van der Waals surface area contributed by atoms with E-state index in [0.29, 0.717) is 5.92 Å². The van der Waals surface area contributed by atoms with Crippen LogP contribution in [0.5, 0.6) is 0 Å². The summed E-state index contributed by atoms with van der Waals surface area (Å²) in [6.45, 7) is 7.65. The summed E-state index contributed by atoms with van der Waals surface area (Å²) in [4.78, 5) is 11.6. The molecule has 1 aliphatic rings. The molecule has 0 atom stereocenters. The summed E-state index contributed by atoms with van der Waals surface area (Å²) in [6.07, 6.45) is 5.27. The normalized spacial score (nSPS) is 15.5. The van der Waals surface area contributed by atoms with Crippen LogP contribution in [0.15, 0.2) is 17.8 Å². The van der Waals surface area contributed by atoms with Crippen molar-refractivity contribution in [3.05, 3.63) is 29.4 Å². The summed E-state index contributed by atoms with van der Waals surface area (Å²) in [7, 11) is 3.70. The molecule has 1 N–H and O–H groups in total. The number of ether oxygens (including phenoxy) is 1. The molecule has 1 aliphatic heterocycles. The molecule has 0 radical (unpaired) electrons. The largest absolute Gasteiger partial charge is 0.380 e. The minimum atomic E-state index is 0.351. The van der Waals surface area contributed by atoms with Crippen LogP contribution in [0.4, 0.5) is 5.69 Å². The lowest BCUT2D eigenvalue weighted by atomic mass is 10.1. The highest BCUT2D eigenvalue weighted by Gasteiger charge is 2.17. The molecule has 0 bridgehead atoms. The van der Waals surface area contributed by atoms with Crippen molar-refractivity contribution in [2.24, 2.45) is 0 Å². The Kier molecular flexibility index (Phi) is 5.70. The number of aromatic nitrogens is 2. The van der Waals surface area contributed by atoms with E-state index in [4.69, 9.17) is 9.72 Å². The van der Waals surface area contributed by atoms with E-state index in [0.717, 1.165) is 49.9 Å². The van der Waals surface area contributed by atoms with Crippen LogP contribution in [0.2, 0.25) is 0 Å². The van der Waals surface area contributed by atoms with Crippen molar-refractivity contribution in [3.63, 3.8) is 0 Å². The van der Waals surface area contributed by atoms with Crippen LogP contribution in [0.25, 0.3) is 0 Å². The zero-order valence-electron chi connectivity index (χ0n) is 13.5. The van der Waals surface area contributed by atoms with Gasteiger partial charge in [0.05, 0.1) is 24.2 Å². The third-order valence-electron chi connectivity index (χ3n) is 3.70. The SMILES string of the molecule is CNCc1nc(C(C)C)ncc1N1CC=C(COC)CC1. The lowest BCUT2D eigenvalue weighted by Gasteiger charge is -2.29. The summed E-state index contributed by atoms with van der Waals surface area (Å²) in [6, 6.07) is 0. The highest BCUT2D eigenvalue weighted by Crippen LogP contribution is 2.23. The molecule has 0 fully saturated rings. The van der Waals surface area contributed by atoms with Gasteiger partial charge in [0.1, 0.15) is 5.82 Å². The minimum Gasteiger partial charge on any atom is -0.380 e. The Balaban J connectivity index is 2.19. The molecular formula is C16H26N4O. The quantitative estimate of drug-likeness (QED) is 0.813. The number of nitrogens with one attached hydrogen (secondary N) is 1. The summed E-state index contributed by atoms with van der Waals surface area (Å²) < 4.78 is 5.21. The van der Waals surface area contributed by atoms with Crippen molar-refractivity contribution < 1.29 is 4.74 Å². The van der Waals surface area contributed by atoms with Gasteiger partial charge in [-0.05, 0) is 19.0 Å². The second kappa shape index (κ2) is 7.52. The Hall–Kier alpha value is -1.46. The monoisotopic (exact) mass is 290 g/mol. The standard InChI is InChI=1S/C16H26N4O/c1-12(2)16-18-10-15(14(19-16)9-17-3)20-7-5-13(6-8-20)11-21-4/h5,10,12,17H,6-9,11H2,1-4H3. The summed E-state index contributed by atoms with van der Waals surface area (Å²) in [5.41, 5.74) is 3.60. The van der Waals surface area contributed by atoms with E-state index in [2.05, 4.69) is 35.1 Å². The first-order chi connectivity index (χ1) is 10.2. The zero-order valence-corrected chi connectivity index (χ0v) is 13.5. The summed E-state index contributed by atoms with van der Waals surface area (Å²) in [5, 5.41) is 3.21. The molecule has 0 spiro atoms. The molecule has 1 aromatic rings. The van der Waals surface area contributed by atoms with Gasteiger partial charge in [0, 0.05) is 32.7 Å². The van der Waals surface area contributed by atoms with Gasteiger partial charge in [-0.2, -0.15) is 0 Å². The fourth-order valence-corrected chi connectivity index (χ4v) is 2.51. The number of nitrogens with zero attached hydrogens (tertiary/aromatic N) is 3. The third-order valence-corrected chi connectivity index (χ3v) is 3.70. The van der Waals surface area contributed by atoms with Gasteiger partial charge in [-0.15, -0.1) is 0 Å². The van der Waals surface area contributed by atoms with Crippen molar-refractivity contribution in [3.8, 4) is 0 Å². The maximum atomic E-state index is 5.21. The Morgan fingerprint density at radius 1 is 1.43 bits per heavy atom. The molecule has 1 aromatic heterocycles. The van der Waals surface area contributed by atoms with Crippen LogP contribution >= 0.6 is 0 Å². The summed E-state index contributed by atoms with van der Waals surface area (Å²) in [5.74, 6) is 1.26. The molecule has 5 nitrogen and oxygen atoms in total. The number of rotatable bonds is 6. The van der Waals surface area contributed by atoms with E-state index in [1.54, 1.807) is 7.11 Å². The first-order valence-electron chi connectivity index (χ1n) is 7.58. The van der Waals surface area contributed by atoms with E-state index in [9.17, 15) is 0 Å². The number of hydrogen-bond acceptors (Lipinski definition) is 5. The van der Waals surface area contributed by atoms with Gasteiger partial charge >= 0.3 is 0 Å². The van der Waals surface area contributed by atoms with Crippen LogP contribution in [-0.4, -0.2) is 43.8 Å². The highest BCUT2D eigenvalue weighted by molar-refractivity contribution is 5.51. The average molecular weight is 290 g/mol. The average Bonchev–Trinajstić information content (AvgIpc) is 2.49. The van der Waals surface area contributed by atoms with Gasteiger partial charge in [-0.1, -0.05) is 19.9 Å². The minimum absolute atomic E-state index is 0.351. The van der Waals surface area contributed by atoms with Gasteiger partial charge in [0.25, 0.3) is 0 Å². The van der Waals surface area contributed by atoms with Crippen molar-refractivity contribution in [2.45, 2.75) is 32.7 Å². The van der Waals surface area contributed by atoms with Crippen LogP contribution in [0, 0.1) is 0 Å². The lowest BCUT2D eigenvalue weighted by molar-refractivity contribution is 0.222. The molecule has 21 heavy (non-hydrogen) atoms. The highest BCUT2D eigenvalue weighted by atomic mass is 16.5. The van der Waals surface area contributed by atoms with E-state index in [1.807, 2.05) is 13.2 Å². The molecule has 5 heteroatoms. The first kappa shape index (κ1) is 15.9. The van der Waals surface area contributed by atoms with Gasteiger partial charge in [0.15, 0.2) is 0 Å². The predicted octanol–water partition coefficient (Wildman–Crippen LogP) is 2.10. The van der Waals surface area contributed by atoms with Gasteiger partial charge in [-0.25, -0.2) is 9.97 Å².